The monoisotopic (exact) mass is 427 g/mol. The number of aromatic nitrogens is 2. The number of imidazole rings is 1. The number of fused-ring (bicyclic) bond motifs is 1. The van der Waals surface area contributed by atoms with Crippen LogP contribution in [0.2, 0.25) is 0 Å². The van der Waals surface area contributed by atoms with Crippen LogP contribution in [0.5, 0.6) is 0 Å². The molecule has 0 radical (unpaired) electrons. The first-order chi connectivity index (χ1) is 15.5. The van der Waals surface area contributed by atoms with Crippen molar-refractivity contribution in [3.05, 3.63) is 99.9 Å². The van der Waals surface area contributed by atoms with Crippen LogP contribution in [0.25, 0.3) is 5.65 Å². The summed E-state index contributed by atoms with van der Waals surface area (Å²) in [5, 5.41) is 23.1. The second kappa shape index (κ2) is 8.96. The van der Waals surface area contributed by atoms with E-state index in [2.05, 4.69) is 25.7 Å². The molecule has 1 amide bonds. The zero-order chi connectivity index (χ0) is 22.5. The van der Waals surface area contributed by atoms with Crippen molar-refractivity contribution in [3.63, 3.8) is 0 Å². The van der Waals surface area contributed by atoms with E-state index in [0.29, 0.717) is 22.6 Å². The van der Waals surface area contributed by atoms with Gasteiger partial charge in [0.05, 0.1) is 22.5 Å². The number of nitro benzene ring substituents is 1. The number of aryl methyl sites for hydroxylation is 1. The molecule has 0 aliphatic rings. The maximum Gasteiger partial charge on any atom is 0.271 e. The first-order valence-electron chi connectivity index (χ1n) is 9.54. The summed E-state index contributed by atoms with van der Waals surface area (Å²) in [5.74, 6) is 0.243. The van der Waals surface area contributed by atoms with E-state index in [-0.39, 0.29) is 5.69 Å². The number of rotatable bonds is 6. The van der Waals surface area contributed by atoms with E-state index < -0.39 is 10.8 Å². The van der Waals surface area contributed by atoms with Gasteiger partial charge in [-0.1, -0.05) is 6.07 Å². The van der Waals surface area contributed by atoms with Crippen molar-refractivity contribution in [2.45, 2.75) is 6.92 Å². The van der Waals surface area contributed by atoms with E-state index in [1.807, 2.05) is 35.7 Å². The fourth-order valence-electron chi connectivity index (χ4n) is 2.92. The van der Waals surface area contributed by atoms with E-state index in [1.165, 1.54) is 18.3 Å². The molecule has 0 bridgehead atoms. The number of nitro groups is 1. The number of azo groups is 1. The summed E-state index contributed by atoms with van der Waals surface area (Å²) in [6.07, 6.45) is 3.27. The Morgan fingerprint density at radius 3 is 2.53 bits per heavy atom. The summed E-state index contributed by atoms with van der Waals surface area (Å²) in [7, 11) is 0. The summed E-state index contributed by atoms with van der Waals surface area (Å²) < 4.78 is 1.85. The number of benzene rings is 2. The Bertz CT molecular complexity index is 1340. The summed E-state index contributed by atoms with van der Waals surface area (Å²) in [6, 6.07) is 18.1. The van der Waals surface area contributed by atoms with Crippen LogP contribution in [0.15, 0.2) is 88.3 Å². The summed E-state index contributed by atoms with van der Waals surface area (Å²) in [6.45, 7) is 1.87. The van der Waals surface area contributed by atoms with Gasteiger partial charge in [-0.3, -0.25) is 19.3 Å². The van der Waals surface area contributed by atoms with Crippen LogP contribution < -0.4 is 5.43 Å². The number of amides is 1. The Labute approximate surface area is 182 Å². The average molecular weight is 427 g/mol. The number of carbonyl (C=O) groups excluding carboxylic acids is 1. The molecule has 2 aromatic carbocycles. The first-order valence-corrected chi connectivity index (χ1v) is 9.54. The molecule has 158 valence electrons. The normalized spacial score (nSPS) is 11.4. The molecule has 0 unspecified atom stereocenters. The van der Waals surface area contributed by atoms with E-state index in [9.17, 15) is 14.9 Å². The minimum atomic E-state index is -0.481. The van der Waals surface area contributed by atoms with Crippen molar-refractivity contribution in [1.29, 1.82) is 0 Å². The van der Waals surface area contributed by atoms with Gasteiger partial charge >= 0.3 is 0 Å². The molecule has 2 heterocycles. The minimum absolute atomic E-state index is 0.0139. The Balaban J connectivity index is 1.39. The lowest BCUT2D eigenvalue weighted by molar-refractivity contribution is -0.384. The molecule has 2 aromatic heterocycles. The number of nitrogens with one attached hydrogen (secondary N) is 1. The number of hydrogen-bond acceptors (Lipinski definition) is 7. The SMILES string of the molecule is Cc1nc2ccccn2c1N=Nc1ccc(C(=O)N/N=C/c2ccc([N+](=O)[O-])cc2)cc1. The maximum absolute atomic E-state index is 12.2. The number of non-ortho nitro benzene ring substituents is 1. The molecule has 10 heteroatoms. The van der Waals surface area contributed by atoms with Gasteiger partial charge in [0, 0.05) is 23.9 Å². The molecular formula is C22H17N7O3. The molecule has 0 saturated heterocycles. The van der Waals surface area contributed by atoms with Gasteiger partial charge in [0.25, 0.3) is 11.6 Å². The van der Waals surface area contributed by atoms with Gasteiger partial charge in [-0.25, -0.2) is 10.4 Å². The number of pyridine rings is 1. The van der Waals surface area contributed by atoms with Crippen molar-refractivity contribution < 1.29 is 9.72 Å². The van der Waals surface area contributed by atoms with E-state index in [0.717, 1.165) is 11.3 Å². The van der Waals surface area contributed by atoms with Gasteiger partial charge in [0.1, 0.15) is 5.65 Å². The standard InChI is InChI=1S/C22H17N7O3/c1-15-21(28-13-3-2-4-20(28)24-15)26-25-18-9-7-17(8-10-18)22(30)27-23-14-16-5-11-19(12-6-16)29(31)32/h2-14H,1H3,(H,27,30)/b23-14+,26-25?. The fraction of sp³-hybridized carbons (Fsp3) is 0.0455. The van der Waals surface area contributed by atoms with E-state index in [4.69, 9.17) is 0 Å². The number of nitrogens with zero attached hydrogens (tertiary/aromatic N) is 6. The molecular weight excluding hydrogens is 410 g/mol. The largest absolute Gasteiger partial charge is 0.283 e. The molecule has 0 atom stereocenters. The predicted octanol–water partition coefficient (Wildman–Crippen LogP) is 4.73. The number of hydrazone groups is 1. The Morgan fingerprint density at radius 2 is 1.81 bits per heavy atom. The Hall–Kier alpha value is -4.73. The maximum atomic E-state index is 12.2. The molecule has 0 aliphatic heterocycles. The van der Waals surface area contributed by atoms with Crippen LogP contribution in [0.1, 0.15) is 21.6 Å². The van der Waals surface area contributed by atoms with Crippen LogP contribution in [0, 0.1) is 17.0 Å². The highest BCUT2D eigenvalue weighted by atomic mass is 16.6. The predicted molar refractivity (Wildman–Crippen MR) is 119 cm³/mol. The molecule has 32 heavy (non-hydrogen) atoms. The highest BCUT2D eigenvalue weighted by molar-refractivity contribution is 5.95. The third-order valence-electron chi connectivity index (χ3n) is 4.55. The number of hydrogen-bond donors (Lipinski definition) is 1. The quantitative estimate of drug-likeness (QED) is 0.206. The minimum Gasteiger partial charge on any atom is -0.283 e. The molecule has 4 rings (SSSR count). The van der Waals surface area contributed by atoms with Crippen LogP contribution in [-0.4, -0.2) is 26.4 Å². The van der Waals surface area contributed by atoms with Gasteiger partial charge in [-0.15, -0.1) is 10.2 Å². The third kappa shape index (κ3) is 4.54. The van der Waals surface area contributed by atoms with Crippen molar-refractivity contribution >= 4 is 35.0 Å². The molecule has 0 spiro atoms. The summed E-state index contributed by atoms with van der Waals surface area (Å²) in [5.41, 5.74) is 5.56. The molecule has 1 N–H and O–H groups in total. The van der Waals surface area contributed by atoms with Gasteiger partial charge in [0.2, 0.25) is 0 Å². The fourth-order valence-corrected chi connectivity index (χ4v) is 2.92. The molecule has 10 nitrogen and oxygen atoms in total. The Morgan fingerprint density at radius 1 is 1.06 bits per heavy atom. The van der Waals surface area contributed by atoms with Gasteiger partial charge in [-0.05, 0) is 61.0 Å². The lowest BCUT2D eigenvalue weighted by Gasteiger charge is -2.00. The lowest BCUT2D eigenvalue weighted by atomic mass is 10.2. The zero-order valence-electron chi connectivity index (χ0n) is 16.9. The highest BCUT2D eigenvalue weighted by Gasteiger charge is 2.08. The second-order valence-electron chi connectivity index (χ2n) is 6.74. The van der Waals surface area contributed by atoms with Gasteiger partial charge < -0.3 is 0 Å². The van der Waals surface area contributed by atoms with E-state index >= 15 is 0 Å². The van der Waals surface area contributed by atoms with Crippen molar-refractivity contribution in [2.75, 3.05) is 0 Å². The summed E-state index contributed by atoms with van der Waals surface area (Å²) in [4.78, 5) is 26.9. The highest BCUT2D eigenvalue weighted by Crippen LogP contribution is 2.23. The van der Waals surface area contributed by atoms with Crippen LogP contribution >= 0.6 is 0 Å². The first kappa shape index (κ1) is 20.5. The van der Waals surface area contributed by atoms with Gasteiger partial charge in [-0.2, -0.15) is 5.10 Å². The van der Waals surface area contributed by atoms with Crippen LogP contribution in [-0.2, 0) is 0 Å². The molecule has 0 aliphatic carbocycles. The van der Waals surface area contributed by atoms with E-state index in [1.54, 1.807) is 36.4 Å². The summed E-state index contributed by atoms with van der Waals surface area (Å²) >= 11 is 0. The Kier molecular flexibility index (Phi) is 5.75. The lowest BCUT2D eigenvalue weighted by Crippen LogP contribution is -2.17. The smallest absolute Gasteiger partial charge is 0.271 e. The second-order valence-corrected chi connectivity index (χ2v) is 6.74. The molecule has 0 saturated carbocycles. The molecule has 0 fully saturated rings. The van der Waals surface area contributed by atoms with Crippen LogP contribution in [0.3, 0.4) is 0 Å². The third-order valence-corrected chi connectivity index (χ3v) is 4.55. The average Bonchev–Trinajstić information content (AvgIpc) is 3.13. The number of carbonyl (C=O) groups is 1. The van der Waals surface area contributed by atoms with Crippen molar-refractivity contribution in [2.24, 2.45) is 15.3 Å². The van der Waals surface area contributed by atoms with Crippen molar-refractivity contribution in [3.8, 4) is 0 Å². The topological polar surface area (TPSA) is 127 Å². The molecule has 4 aromatic rings. The van der Waals surface area contributed by atoms with Gasteiger partial charge in [0.15, 0.2) is 5.82 Å². The van der Waals surface area contributed by atoms with Crippen LogP contribution in [0.4, 0.5) is 17.2 Å². The van der Waals surface area contributed by atoms with Crippen molar-refractivity contribution in [1.82, 2.24) is 14.8 Å². The zero-order valence-corrected chi connectivity index (χ0v) is 16.9.